The summed E-state index contributed by atoms with van der Waals surface area (Å²) in [5, 5.41) is 0. The lowest BCUT2D eigenvalue weighted by atomic mass is 9.72. The summed E-state index contributed by atoms with van der Waals surface area (Å²) in [6, 6.07) is 34.3. The van der Waals surface area contributed by atoms with Gasteiger partial charge in [0.05, 0.1) is 38.9 Å². The number of rotatable bonds is 17. The maximum Gasteiger partial charge on any atom is 0.119 e. The van der Waals surface area contributed by atoms with Gasteiger partial charge in [-0.2, -0.15) is 0 Å². The first kappa shape index (κ1) is 40.7. The van der Waals surface area contributed by atoms with Crippen LogP contribution in [0.4, 0.5) is 0 Å². The standard InChI is InChI=1S/C54H57N3OS2/c1-4-5-6-7-8-9-10-11-12-17-33-58-42-29-27-40(28-30-42)52-37-46-44-20-18-19-43(44)45-36-51(59-53(45,2)54(46,3)60-52)39-25-23-38(24-26-39)41-34-49(47-21-13-15-31-55-47)57-50(35-41)48-22-14-16-32-56-48/h13-16,21-32,34-37H,4-12,17-20,33H2,1-3H3/t53-,54-/m1/s1. The number of unbranched alkanes of at least 4 members (excludes halogenated alkanes) is 9. The van der Waals surface area contributed by atoms with Crippen molar-refractivity contribution in [2.45, 2.75) is 114 Å². The average molecular weight is 828 g/mol. The topological polar surface area (TPSA) is 47.9 Å². The summed E-state index contributed by atoms with van der Waals surface area (Å²) < 4.78 is 6.06. The number of hydrogen-bond donors (Lipinski definition) is 0. The van der Waals surface area contributed by atoms with Crippen LogP contribution >= 0.6 is 23.5 Å². The van der Waals surface area contributed by atoms with Gasteiger partial charge >= 0.3 is 0 Å². The lowest BCUT2D eigenvalue weighted by Gasteiger charge is -2.47. The van der Waals surface area contributed by atoms with Crippen LogP contribution in [-0.4, -0.2) is 31.1 Å². The molecule has 4 aliphatic rings. The van der Waals surface area contributed by atoms with Crippen LogP contribution < -0.4 is 4.74 Å². The van der Waals surface area contributed by atoms with Crippen LogP contribution in [0.5, 0.6) is 5.75 Å². The van der Waals surface area contributed by atoms with Gasteiger partial charge in [-0.15, -0.1) is 23.5 Å². The molecule has 9 rings (SSSR count). The Hall–Kier alpha value is -4.65. The Balaban J connectivity index is 0.887. The molecule has 60 heavy (non-hydrogen) atoms. The number of benzene rings is 2. The minimum Gasteiger partial charge on any atom is -0.494 e. The number of pyridine rings is 3. The molecule has 2 aliphatic carbocycles. The molecule has 2 aliphatic heterocycles. The number of aromatic nitrogens is 3. The molecule has 6 heteroatoms. The molecule has 1 fully saturated rings. The molecule has 0 spiro atoms. The first-order valence-corrected chi connectivity index (χ1v) is 24.0. The van der Waals surface area contributed by atoms with Crippen molar-refractivity contribution in [3.63, 3.8) is 0 Å². The van der Waals surface area contributed by atoms with Crippen molar-refractivity contribution in [1.29, 1.82) is 0 Å². The quantitative estimate of drug-likeness (QED) is 0.0870. The minimum atomic E-state index is -0.0825. The Morgan fingerprint density at radius 2 is 1.02 bits per heavy atom. The molecule has 0 N–H and O–H groups in total. The minimum absolute atomic E-state index is 0.0742. The second-order valence-electron chi connectivity index (χ2n) is 17.1. The van der Waals surface area contributed by atoms with Crippen molar-refractivity contribution in [3.05, 3.63) is 155 Å². The molecule has 0 saturated heterocycles. The lowest BCUT2D eigenvalue weighted by Crippen LogP contribution is -2.47. The van der Waals surface area contributed by atoms with E-state index in [0.717, 1.165) is 52.7 Å². The van der Waals surface area contributed by atoms with Crippen LogP contribution in [0.2, 0.25) is 0 Å². The van der Waals surface area contributed by atoms with Crippen LogP contribution in [0.15, 0.2) is 144 Å². The van der Waals surface area contributed by atoms with E-state index in [1.165, 1.54) is 104 Å². The van der Waals surface area contributed by atoms with Crippen LogP contribution in [-0.2, 0) is 0 Å². The normalized spacial score (nSPS) is 20.5. The molecule has 306 valence electrons. The molecule has 2 atom stereocenters. The summed E-state index contributed by atoms with van der Waals surface area (Å²) in [4.78, 5) is 17.0. The molecule has 0 amide bonds. The van der Waals surface area contributed by atoms with Crippen LogP contribution in [0.25, 0.3) is 43.7 Å². The van der Waals surface area contributed by atoms with Crippen LogP contribution in [0.1, 0.15) is 115 Å². The second kappa shape index (κ2) is 18.1. The summed E-state index contributed by atoms with van der Waals surface area (Å²) in [5.41, 5.74) is 14.5. The van der Waals surface area contributed by atoms with Gasteiger partial charge in [-0.05, 0) is 145 Å². The highest BCUT2D eigenvalue weighted by atomic mass is 32.2. The molecule has 1 saturated carbocycles. The van der Waals surface area contributed by atoms with Crippen LogP contribution in [0.3, 0.4) is 0 Å². The van der Waals surface area contributed by atoms with Crippen molar-refractivity contribution in [1.82, 2.24) is 15.0 Å². The third kappa shape index (κ3) is 8.22. The van der Waals surface area contributed by atoms with Gasteiger partial charge in [0.25, 0.3) is 0 Å². The van der Waals surface area contributed by atoms with Gasteiger partial charge in [0.1, 0.15) is 5.75 Å². The summed E-state index contributed by atoms with van der Waals surface area (Å²) in [5.74, 6) is 0.982. The number of allylic oxidation sites excluding steroid dienone is 4. The zero-order valence-electron chi connectivity index (χ0n) is 35.5. The van der Waals surface area contributed by atoms with Gasteiger partial charge in [-0.25, -0.2) is 4.98 Å². The molecular weight excluding hydrogens is 771 g/mol. The van der Waals surface area contributed by atoms with E-state index >= 15 is 0 Å². The SMILES string of the molecule is CCCCCCCCCCCCOc1ccc(C2=CC3=C4CCCC4=C4C=C(c5ccc(-c6cc(-c7ccccn7)nc(-c7ccccn7)c6)cc5)S[C@@]4(C)[C@]3(C)S2)cc1. The lowest BCUT2D eigenvalue weighted by molar-refractivity contribution is 0.304. The molecule has 5 heterocycles. The molecule has 4 nitrogen and oxygen atoms in total. The van der Waals surface area contributed by atoms with Gasteiger partial charge in [0, 0.05) is 22.2 Å². The third-order valence-corrected chi connectivity index (χ3v) is 16.4. The monoisotopic (exact) mass is 827 g/mol. The fourth-order valence-corrected chi connectivity index (χ4v) is 12.7. The van der Waals surface area contributed by atoms with E-state index in [4.69, 9.17) is 9.72 Å². The molecule has 3 aromatic heterocycles. The molecule has 0 bridgehead atoms. The largest absolute Gasteiger partial charge is 0.494 e. The van der Waals surface area contributed by atoms with E-state index in [1.807, 2.05) is 48.8 Å². The maximum absolute atomic E-state index is 6.21. The fraction of sp³-hybridized carbons (Fsp3) is 0.352. The maximum atomic E-state index is 6.21. The number of nitrogens with zero attached hydrogens (tertiary/aromatic N) is 3. The fourth-order valence-electron chi connectivity index (χ4n) is 9.54. The molecule has 2 aromatic carbocycles. The molecular formula is C54H57N3OS2. The number of ether oxygens (including phenoxy) is 1. The Morgan fingerprint density at radius 1 is 0.533 bits per heavy atom. The van der Waals surface area contributed by atoms with Gasteiger partial charge in [0.2, 0.25) is 0 Å². The number of fused-ring (bicyclic) bond motifs is 4. The van der Waals surface area contributed by atoms with E-state index in [0.29, 0.717) is 0 Å². The predicted molar refractivity (Wildman–Crippen MR) is 256 cm³/mol. The van der Waals surface area contributed by atoms with Gasteiger partial charge in [-0.3, -0.25) is 9.97 Å². The predicted octanol–water partition coefficient (Wildman–Crippen LogP) is 15.4. The van der Waals surface area contributed by atoms with Crippen molar-refractivity contribution in [2.24, 2.45) is 0 Å². The summed E-state index contributed by atoms with van der Waals surface area (Å²) in [7, 11) is 0. The Kier molecular flexibility index (Phi) is 12.3. The first-order chi connectivity index (χ1) is 29.4. The molecule has 0 radical (unpaired) electrons. The van der Waals surface area contributed by atoms with Gasteiger partial charge in [0.15, 0.2) is 0 Å². The third-order valence-electron chi connectivity index (χ3n) is 13.1. The summed E-state index contributed by atoms with van der Waals surface area (Å²) in [6.45, 7) is 8.11. The average Bonchev–Trinajstić information content (AvgIpc) is 4.03. The van der Waals surface area contributed by atoms with Crippen molar-refractivity contribution in [2.75, 3.05) is 6.61 Å². The number of thioether (sulfide) groups is 2. The smallest absolute Gasteiger partial charge is 0.119 e. The van der Waals surface area contributed by atoms with Crippen molar-refractivity contribution < 1.29 is 4.74 Å². The molecule has 5 aromatic rings. The van der Waals surface area contributed by atoms with E-state index in [1.54, 1.807) is 16.7 Å². The second-order valence-corrected chi connectivity index (χ2v) is 20.0. The molecule has 0 unspecified atom stereocenters. The van der Waals surface area contributed by atoms with Crippen molar-refractivity contribution in [3.8, 4) is 39.7 Å². The summed E-state index contributed by atoms with van der Waals surface area (Å²) in [6.07, 6.45) is 25.7. The summed E-state index contributed by atoms with van der Waals surface area (Å²) >= 11 is 4.13. The van der Waals surface area contributed by atoms with Crippen molar-refractivity contribution >= 4 is 33.3 Å². The Labute approximate surface area is 366 Å². The van der Waals surface area contributed by atoms with E-state index in [2.05, 4.69) is 127 Å². The number of hydrogen-bond acceptors (Lipinski definition) is 6. The Bertz CT molecular complexity index is 2380. The zero-order chi connectivity index (χ0) is 40.9. The van der Waals surface area contributed by atoms with E-state index < -0.39 is 0 Å². The van der Waals surface area contributed by atoms with Gasteiger partial charge < -0.3 is 4.74 Å². The van der Waals surface area contributed by atoms with Gasteiger partial charge in [-0.1, -0.05) is 113 Å². The first-order valence-electron chi connectivity index (χ1n) is 22.4. The van der Waals surface area contributed by atoms with Crippen LogP contribution in [0, 0.1) is 0 Å². The highest BCUT2D eigenvalue weighted by molar-refractivity contribution is 8.14. The van der Waals surface area contributed by atoms with E-state index in [9.17, 15) is 0 Å². The zero-order valence-corrected chi connectivity index (χ0v) is 37.1. The van der Waals surface area contributed by atoms with E-state index in [-0.39, 0.29) is 9.49 Å². The Morgan fingerprint density at radius 3 is 1.52 bits per heavy atom. The highest BCUT2D eigenvalue weighted by Gasteiger charge is 2.59. The highest BCUT2D eigenvalue weighted by Crippen LogP contribution is 2.70.